The molecular weight excluding hydrogens is 363 g/mol. The van der Waals surface area contributed by atoms with Gasteiger partial charge >= 0.3 is 11.8 Å². The standard InChI is InChI=1S/C11H10BrFN6O3/c12-8-3-15-9(4-14-8)18-6-17-19(11(18)22)5-7(1-13)2-16-10(20)21/h1,3-4,6,16H,2,5H2,(H,20,21). The Hall–Kier alpha value is -2.56. The van der Waals surface area contributed by atoms with Gasteiger partial charge < -0.3 is 10.4 Å². The van der Waals surface area contributed by atoms with Crippen LogP contribution in [0.2, 0.25) is 0 Å². The quantitative estimate of drug-likeness (QED) is 0.798. The van der Waals surface area contributed by atoms with Gasteiger partial charge in [0, 0.05) is 6.54 Å². The van der Waals surface area contributed by atoms with Gasteiger partial charge in [-0.2, -0.15) is 5.10 Å². The molecule has 2 aromatic heterocycles. The van der Waals surface area contributed by atoms with Crippen molar-refractivity contribution in [2.24, 2.45) is 0 Å². The number of amides is 1. The van der Waals surface area contributed by atoms with Crippen LogP contribution in [-0.4, -0.2) is 42.1 Å². The number of rotatable bonds is 5. The third-order valence-electron chi connectivity index (χ3n) is 2.56. The maximum absolute atomic E-state index is 12.7. The van der Waals surface area contributed by atoms with Crippen LogP contribution in [0, 0.1) is 0 Å². The summed E-state index contributed by atoms with van der Waals surface area (Å²) in [5, 5.41) is 14.3. The molecule has 0 atom stereocenters. The molecule has 0 saturated heterocycles. The van der Waals surface area contributed by atoms with Crippen molar-refractivity contribution >= 4 is 22.0 Å². The summed E-state index contributed by atoms with van der Waals surface area (Å²) in [6, 6.07) is 0. The van der Waals surface area contributed by atoms with Crippen LogP contribution in [0.1, 0.15) is 0 Å². The molecule has 2 rings (SSSR count). The average Bonchev–Trinajstić information content (AvgIpc) is 2.85. The Balaban J connectivity index is 2.19. The maximum atomic E-state index is 12.7. The molecule has 9 nitrogen and oxygen atoms in total. The number of halogens is 2. The van der Waals surface area contributed by atoms with E-state index >= 15 is 0 Å². The summed E-state index contributed by atoms with van der Waals surface area (Å²) in [7, 11) is 0. The highest BCUT2D eigenvalue weighted by molar-refractivity contribution is 9.10. The highest BCUT2D eigenvalue weighted by Gasteiger charge is 2.10. The highest BCUT2D eigenvalue weighted by Crippen LogP contribution is 2.05. The molecule has 116 valence electrons. The highest BCUT2D eigenvalue weighted by atomic mass is 79.9. The SMILES string of the molecule is O=C(O)NCC(=CF)Cn1ncn(-c2cnc(Br)cn2)c1=O. The zero-order valence-corrected chi connectivity index (χ0v) is 12.6. The Labute approximate surface area is 131 Å². The number of aromatic nitrogens is 5. The van der Waals surface area contributed by atoms with Crippen molar-refractivity contribution < 1.29 is 14.3 Å². The smallest absolute Gasteiger partial charge is 0.404 e. The van der Waals surface area contributed by atoms with E-state index in [4.69, 9.17) is 5.11 Å². The number of nitrogens with zero attached hydrogens (tertiary/aromatic N) is 5. The summed E-state index contributed by atoms with van der Waals surface area (Å²) in [6.45, 7) is -0.435. The lowest BCUT2D eigenvalue weighted by molar-refractivity contribution is 0.195. The molecule has 22 heavy (non-hydrogen) atoms. The molecule has 0 spiro atoms. The second-order valence-electron chi connectivity index (χ2n) is 4.06. The molecule has 2 N–H and O–H groups in total. The van der Waals surface area contributed by atoms with Crippen LogP contribution in [0.15, 0.2) is 40.0 Å². The second-order valence-corrected chi connectivity index (χ2v) is 4.88. The number of carbonyl (C=O) groups is 1. The van der Waals surface area contributed by atoms with E-state index in [0.29, 0.717) is 4.60 Å². The van der Waals surface area contributed by atoms with Gasteiger partial charge in [0.15, 0.2) is 5.82 Å². The van der Waals surface area contributed by atoms with Crippen LogP contribution in [0.3, 0.4) is 0 Å². The van der Waals surface area contributed by atoms with Crippen LogP contribution in [0.4, 0.5) is 9.18 Å². The van der Waals surface area contributed by atoms with E-state index in [9.17, 15) is 14.0 Å². The molecule has 2 heterocycles. The first kappa shape index (κ1) is 15.8. The summed E-state index contributed by atoms with van der Waals surface area (Å²) in [5.41, 5.74) is -0.497. The van der Waals surface area contributed by atoms with Gasteiger partial charge in [0.05, 0.1) is 25.3 Å². The van der Waals surface area contributed by atoms with E-state index in [2.05, 4.69) is 31.0 Å². The van der Waals surface area contributed by atoms with Gasteiger partial charge in [-0.25, -0.2) is 33.2 Å². The number of nitrogens with one attached hydrogen (secondary N) is 1. The average molecular weight is 373 g/mol. The van der Waals surface area contributed by atoms with E-state index in [1.54, 1.807) is 0 Å². The van der Waals surface area contributed by atoms with Crippen molar-refractivity contribution in [1.82, 2.24) is 29.6 Å². The van der Waals surface area contributed by atoms with Crippen molar-refractivity contribution in [3.63, 3.8) is 0 Å². The molecule has 0 fully saturated rings. The Morgan fingerprint density at radius 3 is 2.82 bits per heavy atom. The minimum Gasteiger partial charge on any atom is -0.465 e. The van der Waals surface area contributed by atoms with Crippen LogP contribution in [0.25, 0.3) is 5.82 Å². The van der Waals surface area contributed by atoms with E-state index in [1.165, 1.54) is 18.7 Å². The van der Waals surface area contributed by atoms with Crippen molar-refractivity contribution in [3.8, 4) is 5.82 Å². The van der Waals surface area contributed by atoms with Gasteiger partial charge in [0.2, 0.25) is 0 Å². The van der Waals surface area contributed by atoms with Gasteiger partial charge in [-0.3, -0.25) is 0 Å². The fourth-order valence-electron chi connectivity index (χ4n) is 1.54. The van der Waals surface area contributed by atoms with Crippen LogP contribution in [0.5, 0.6) is 0 Å². The molecule has 0 unspecified atom stereocenters. The van der Waals surface area contributed by atoms with Gasteiger partial charge in [-0.05, 0) is 21.5 Å². The first-order valence-electron chi connectivity index (χ1n) is 5.88. The molecule has 1 amide bonds. The van der Waals surface area contributed by atoms with Crippen LogP contribution < -0.4 is 11.0 Å². The number of hydrogen-bond acceptors (Lipinski definition) is 5. The fraction of sp³-hybridized carbons (Fsp3) is 0.182. The molecule has 0 aliphatic carbocycles. The zero-order chi connectivity index (χ0) is 16.1. The van der Waals surface area contributed by atoms with Gasteiger partial charge in [0.1, 0.15) is 10.9 Å². The summed E-state index contributed by atoms with van der Waals surface area (Å²) in [6.07, 6.45) is 2.96. The normalized spacial score (nSPS) is 11.5. The zero-order valence-electron chi connectivity index (χ0n) is 11.0. The van der Waals surface area contributed by atoms with E-state index in [1.807, 2.05) is 5.32 Å². The Kier molecular flexibility index (Phi) is 4.99. The Morgan fingerprint density at radius 1 is 1.45 bits per heavy atom. The lowest BCUT2D eigenvalue weighted by Gasteiger charge is -2.05. The van der Waals surface area contributed by atoms with Crippen LogP contribution >= 0.6 is 15.9 Å². The maximum Gasteiger partial charge on any atom is 0.404 e. The van der Waals surface area contributed by atoms with Gasteiger partial charge in [-0.15, -0.1) is 0 Å². The minimum atomic E-state index is -1.29. The largest absolute Gasteiger partial charge is 0.465 e. The van der Waals surface area contributed by atoms with Gasteiger partial charge in [-0.1, -0.05) is 0 Å². The topological polar surface area (TPSA) is 115 Å². The van der Waals surface area contributed by atoms with Crippen molar-refractivity contribution in [1.29, 1.82) is 0 Å². The summed E-state index contributed by atoms with van der Waals surface area (Å²) < 4.78 is 15.4. The number of hydrogen-bond donors (Lipinski definition) is 2. The molecule has 0 aliphatic heterocycles. The van der Waals surface area contributed by atoms with Crippen molar-refractivity contribution in [2.75, 3.05) is 6.54 Å². The lowest BCUT2D eigenvalue weighted by atomic mass is 10.3. The fourth-order valence-corrected chi connectivity index (χ4v) is 1.75. The molecule has 11 heteroatoms. The number of carboxylic acid groups (broad SMARTS) is 1. The Morgan fingerprint density at radius 2 is 2.23 bits per heavy atom. The third kappa shape index (κ3) is 3.75. The summed E-state index contributed by atoms with van der Waals surface area (Å²) in [4.78, 5) is 30.5. The summed E-state index contributed by atoms with van der Waals surface area (Å²) in [5.74, 6) is 0.258. The second kappa shape index (κ2) is 6.93. The van der Waals surface area contributed by atoms with E-state index in [-0.39, 0.29) is 30.8 Å². The van der Waals surface area contributed by atoms with E-state index < -0.39 is 11.8 Å². The monoisotopic (exact) mass is 372 g/mol. The molecule has 0 bridgehead atoms. The van der Waals surface area contributed by atoms with Gasteiger partial charge in [0.25, 0.3) is 0 Å². The summed E-state index contributed by atoms with van der Waals surface area (Å²) >= 11 is 3.13. The molecular formula is C11H10BrFN6O3. The first-order chi connectivity index (χ1) is 10.5. The molecule has 0 radical (unpaired) electrons. The Bertz CT molecular complexity index is 754. The predicted molar refractivity (Wildman–Crippen MR) is 76.3 cm³/mol. The third-order valence-corrected chi connectivity index (χ3v) is 2.97. The lowest BCUT2D eigenvalue weighted by Crippen LogP contribution is -2.29. The molecule has 2 aromatic rings. The van der Waals surface area contributed by atoms with Crippen molar-refractivity contribution in [3.05, 3.63) is 45.7 Å². The molecule has 0 saturated carbocycles. The van der Waals surface area contributed by atoms with Crippen molar-refractivity contribution in [2.45, 2.75) is 6.54 Å². The van der Waals surface area contributed by atoms with Crippen LogP contribution in [-0.2, 0) is 6.54 Å². The predicted octanol–water partition coefficient (Wildman–Crippen LogP) is 0.707. The molecule has 0 aliphatic rings. The van der Waals surface area contributed by atoms with E-state index in [0.717, 1.165) is 9.25 Å². The first-order valence-corrected chi connectivity index (χ1v) is 6.68. The minimum absolute atomic E-state index is 0.0524. The molecule has 0 aromatic carbocycles.